The van der Waals surface area contributed by atoms with Gasteiger partial charge in [0.05, 0.1) is 11.4 Å². The van der Waals surface area contributed by atoms with Crippen molar-refractivity contribution in [1.82, 2.24) is 4.72 Å². The molecule has 0 radical (unpaired) electrons. The zero-order chi connectivity index (χ0) is 14.8. The molecule has 0 aromatic heterocycles. The molecule has 0 amide bonds. The van der Waals surface area contributed by atoms with Crippen LogP contribution in [0.15, 0.2) is 51.8 Å². The van der Waals surface area contributed by atoms with E-state index in [-0.39, 0.29) is 10.6 Å². The van der Waals surface area contributed by atoms with Crippen LogP contribution in [-0.2, 0) is 10.0 Å². The van der Waals surface area contributed by atoms with Gasteiger partial charge in [-0.3, -0.25) is 0 Å². The monoisotopic (exact) mass is 355 g/mol. The number of nitrogen functional groups attached to an aromatic ring is 1. The molecule has 0 spiro atoms. The Labute approximate surface area is 126 Å². The Balaban J connectivity index is 2.33. The van der Waals surface area contributed by atoms with E-state index in [1.165, 1.54) is 13.1 Å². The van der Waals surface area contributed by atoms with Crippen LogP contribution in [0.2, 0.25) is 0 Å². The Bertz CT molecular complexity index is 732. The van der Waals surface area contributed by atoms with Gasteiger partial charge in [-0.2, -0.15) is 0 Å². The summed E-state index contributed by atoms with van der Waals surface area (Å²) < 4.78 is 26.6. The molecule has 0 bridgehead atoms. The van der Waals surface area contributed by atoms with Gasteiger partial charge in [0.1, 0.15) is 4.90 Å². The molecule has 7 heteroatoms. The van der Waals surface area contributed by atoms with Gasteiger partial charge >= 0.3 is 0 Å². The standard InChI is InChI=1S/C13H14BrN3O2S/c1-16-20(18,19)13-7-6-9(8-11(13)15)17-12-5-3-2-4-10(12)14/h2-8,16-17H,15H2,1H3. The molecule has 0 aliphatic rings. The van der Waals surface area contributed by atoms with Gasteiger partial charge in [-0.1, -0.05) is 12.1 Å². The van der Waals surface area contributed by atoms with E-state index >= 15 is 0 Å². The molecule has 0 aliphatic carbocycles. The molecule has 5 nitrogen and oxygen atoms in total. The molecular weight excluding hydrogens is 342 g/mol. The van der Waals surface area contributed by atoms with E-state index in [4.69, 9.17) is 5.73 Å². The lowest BCUT2D eigenvalue weighted by Gasteiger charge is -2.11. The number of rotatable bonds is 4. The number of sulfonamides is 1. The first-order valence-electron chi connectivity index (χ1n) is 5.78. The van der Waals surface area contributed by atoms with Gasteiger partial charge < -0.3 is 11.1 Å². The van der Waals surface area contributed by atoms with Gasteiger partial charge in [-0.25, -0.2) is 13.1 Å². The van der Waals surface area contributed by atoms with Gasteiger partial charge in [0, 0.05) is 10.2 Å². The minimum absolute atomic E-state index is 0.0673. The molecule has 2 aromatic carbocycles. The Morgan fingerprint density at radius 2 is 1.85 bits per heavy atom. The molecule has 106 valence electrons. The molecule has 2 rings (SSSR count). The normalized spacial score (nSPS) is 11.3. The van der Waals surface area contributed by atoms with Crippen LogP contribution in [0.25, 0.3) is 0 Å². The van der Waals surface area contributed by atoms with Crippen LogP contribution in [0.3, 0.4) is 0 Å². The van der Waals surface area contributed by atoms with Gasteiger partial charge in [-0.15, -0.1) is 0 Å². The maximum atomic E-state index is 11.7. The third kappa shape index (κ3) is 3.12. The van der Waals surface area contributed by atoms with Crippen molar-refractivity contribution in [3.05, 3.63) is 46.9 Å². The summed E-state index contributed by atoms with van der Waals surface area (Å²) in [6.45, 7) is 0. The topological polar surface area (TPSA) is 84.2 Å². The Kier molecular flexibility index (Phi) is 4.32. The predicted molar refractivity (Wildman–Crippen MR) is 84.5 cm³/mol. The van der Waals surface area contributed by atoms with Crippen molar-refractivity contribution in [3.8, 4) is 0 Å². The molecule has 0 saturated carbocycles. The zero-order valence-electron chi connectivity index (χ0n) is 10.7. The highest BCUT2D eigenvalue weighted by atomic mass is 79.9. The second kappa shape index (κ2) is 5.82. The molecule has 0 aliphatic heterocycles. The van der Waals surface area contributed by atoms with Gasteiger partial charge in [0.25, 0.3) is 0 Å². The highest BCUT2D eigenvalue weighted by Crippen LogP contribution is 2.28. The Morgan fingerprint density at radius 1 is 1.15 bits per heavy atom. The van der Waals surface area contributed by atoms with Crippen molar-refractivity contribution in [2.24, 2.45) is 0 Å². The fourth-order valence-corrected chi connectivity index (χ4v) is 2.92. The Hall–Kier alpha value is -1.57. The van der Waals surface area contributed by atoms with Crippen molar-refractivity contribution in [2.45, 2.75) is 4.90 Å². The first-order valence-corrected chi connectivity index (χ1v) is 8.06. The molecule has 4 N–H and O–H groups in total. The van der Waals surface area contributed by atoms with Crippen LogP contribution in [0, 0.1) is 0 Å². The average molecular weight is 356 g/mol. The smallest absolute Gasteiger partial charge is 0.242 e. The summed E-state index contributed by atoms with van der Waals surface area (Å²) in [5.41, 5.74) is 7.58. The summed E-state index contributed by atoms with van der Waals surface area (Å²) >= 11 is 3.43. The number of nitrogens with one attached hydrogen (secondary N) is 2. The summed E-state index contributed by atoms with van der Waals surface area (Å²) in [5.74, 6) is 0. The van der Waals surface area contributed by atoms with Crippen molar-refractivity contribution < 1.29 is 8.42 Å². The third-order valence-electron chi connectivity index (χ3n) is 2.72. The third-order valence-corrected chi connectivity index (χ3v) is 4.90. The zero-order valence-corrected chi connectivity index (χ0v) is 13.1. The highest BCUT2D eigenvalue weighted by Gasteiger charge is 2.15. The van der Waals surface area contributed by atoms with E-state index in [9.17, 15) is 8.42 Å². The van der Waals surface area contributed by atoms with E-state index in [0.29, 0.717) is 5.69 Å². The summed E-state index contributed by atoms with van der Waals surface area (Å²) in [7, 11) is -2.19. The van der Waals surface area contributed by atoms with Gasteiger partial charge in [0.2, 0.25) is 10.0 Å². The van der Waals surface area contributed by atoms with E-state index in [1.807, 2.05) is 24.3 Å². The lowest BCUT2D eigenvalue weighted by atomic mass is 10.2. The summed E-state index contributed by atoms with van der Waals surface area (Å²) in [4.78, 5) is 0.0673. The van der Waals surface area contributed by atoms with E-state index in [1.54, 1.807) is 12.1 Å². The van der Waals surface area contributed by atoms with Crippen molar-refractivity contribution in [3.63, 3.8) is 0 Å². The molecule has 20 heavy (non-hydrogen) atoms. The van der Waals surface area contributed by atoms with E-state index in [2.05, 4.69) is 26.0 Å². The molecule has 0 unspecified atom stereocenters. The fourth-order valence-electron chi connectivity index (χ4n) is 1.70. The maximum absolute atomic E-state index is 11.7. The quantitative estimate of drug-likeness (QED) is 0.736. The summed E-state index contributed by atoms with van der Waals surface area (Å²) in [6, 6.07) is 12.3. The van der Waals surface area contributed by atoms with Gasteiger partial charge in [0.15, 0.2) is 0 Å². The SMILES string of the molecule is CNS(=O)(=O)c1ccc(Nc2ccccc2Br)cc1N. The second-order valence-corrected chi connectivity index (χ2v) is 6.77. The average Bonchev–Trinajstić information content (AvgIpc) is 2.41. The van der Waals surface area contributed by atoms with Crippen LogP contribution in [0.1, 0.15) is 0 Å². The lowest BCUT2D eigenvalue weighted by Crippen LogP contribution is -2.19. The number of halogens is 1. The maximum Gasteiger partial charge on any atom is 0.242 e. The molecule has 2 aromatic rings. The van der Waals surface area contributed by atoms with Crippen LogP contribution in [0.5, 0.6) is 0 Å². The first kappa shape index (κ1) is 14.8. The van der Waals surface area contributed by atoms with Gasteiger partial charge in [-0.05, 0) is 53.3 Å². The number of hydrogen-bond donors (Lipinski definition) is 3. The highest BCUT2D eigenvalue weighted by molar-refractivity contribution is 9.10. The largest absolute Gasteiger partial charge is 0.398 e. The predicted octanol–water partition coefficient (Wildman–Crippen LogP) is 2.68. The number of benzene rings is 2. The minimum Gasteiger partial charge on any atom is -0.398 e. The summed E-state index contributed by atoms with van der Waals surface area (Å²) in [6.07, 6.45) is 0. The van der Waals surface area contributed by atoms with Crippen molar-refractivity contribution in [1.29, 1.82) is 0 Å². The van der Waals surface area contributed by atoms with Crippen LogP contribution >= 0.6 is 15.9 Å². The number of nitrogens with two attached hydrogens (primary N) is 1. The molecule has 0 heterocycles. The number of hydrogen-bond acceptors (Lipinski definition) is 4. The van der Waals surface area contributed by atoms with Crippen LogP contribution < -0.4 is 15.8 Å². The van der Waals surface area contributed by atoms with Crippen molar-refractivity contribution in [2.75, 3.05) is 18.1 Å². The minimum atomic E-state index is -3.54. The van der Waals surface area contributed by atoms with Crippen LogP contribution in [-0.4, -0.2) is 15.5 Å². The number of anilines is 3. The Morgan fingerprint density at radius 3 is 2.45 bits per heavy atom. The molecule has 0 saturated heterocycles. The molecular formula is C13H14BrN3O2S. The molecule has 0 fully saturated rings. The van der Waals surface area contributed by atoms with Crippen molar-refractivity contribution >= 4 is 43.0 Å². The second-order valence-electron chi connectivity index (χ2n) is 4.07. The van der Waals surface area contributed by atoms with Crippen LogP contribution in [0.4, 0.5) is 17.1 Å². The summed E-state index contributed by atoms with van der Waals surface area (Å²) in [5, 5.41) is 3.17. The molecule has 0 atom stereocenters. The lowest BCUT2D eigenvalue weighted by molar-refractivity contribution is 0.588. The van der Waals surface area contributed by atoms with E-state index < -0.39 is 10.0 Å². The first-order chi connectivity index (χ1) is 9.44. The number of para-hydroxylation sites is 1. The van der Waals surface area contributed by atoms with E-state index in [0.717, 1.165) is 10.2 Å². The fraction of sp³-hybridized carbons (Fsp3) is 0.0769.